The first kappa shape index (κ1) is 19.3. The van der Waals surface area contributed by atoms with Crippen molar-refractivity contribution in [2.24, 2.45) is 0 Å². The molecule has 28 heavy (non-hydrogen) atoms. The minimum Gasteiger partial charge on any atom is -0.469 e. The van der Waals surface area contributed by atoms with Crippen LogP contribution in [0.1, 0.15) is 29.9 Å². The summed E-state index contributed by atoms with van der Waals surface area (Å²) in [5.74, 6) is -0.400. The van der Waals surface area contributed by atoms with Crippen molar-refractivity contribution in [1.82, 2.24) is 10.5 Å². The number of nitrogens with zero attached hydrogens (tertiary/aromatic N) is 1. The van der Waals surface area contributed by atoms with Crippen LogP contribution in [0.5, 0.6) is 0 Å². The summed E-state index contributed by atoms with van der Waals surface area (Å²) in [5, 5.41) is 8.95. The van der Waals surface area contributed by atoms with E-state index in [1.807, 2.05) is 0 Å². The Labute approximate surface area is 160 Å². The second kappa shape index (κ2) is 8.51. The second-order valence-electron chi connectivity index (χ2n) is 6.43. The number of amides is 2. The molecule has 1 unspecified atom stereocenters. The van der Waals surface area contributed by atoms with E-state index in [2.05, 4.69) is 15.8 Å². The van der Waals surface area contributed by atoms with E-state index in [1.54, 1.807) is 44.2 Å². The van der Waals surface area contributed by atoms with Crippen molar-refractivity contribution in [3.8, 4) is 0 Å². The Kier molecular flexibility index (Phi) is 5.88. The van der Waals surface area contributed by atoms with Gasteiger partial charge in [-0.1, -0.05) is 17.3 Å². The summed E-state index contributed by atoms with van der Waals surface area (Å²) in [6.07, 6.45) is 1.80. The third kappa shape index (κ3) is 4.85. The first-order valence-corrected chi connectivity index (χ1v) is 8.75. The lowest BCUT2D eigenvalue weighted by Crippen LogP contribution is -2.44. The van der Waals surface area contributed by atoms with E-state index in [0.29, 0.717) is 17.1 Å². The molecule has 7 nitrogen and oxygen atoms in total. The number of rotatable bonds is 7. The summed E-state index contributed by atoms with van der Waals surface area (Å²) in [4.78, 5) is 25.2. The number of hydrogen-bond acceptors (Lipinski definition) is 5. The molecule has 2 heterocycles. The van der Waals surface area contributed by atoms with Gasteiger partial charge in [-0.05, 0) is 43.7 Å². The minimum atomic E-state index is -0.816. The van der Waals surface area contributed by atoms with E-state index in [1.165, 1.54) is 18.4 Å². The third-order valence-electron chi connectivity index (χ3n) is 4.21. The third-order valence-corrected chi connectivity index (χ3v) is 4.21. The number of hydrogen-bond donors (Lipinski definition) is 2. The molecule has 0 fully saturated rings. The molecule has 0 radical (unpaired) electrons. The predicted molar refractivity (Wildman–Crippen MR) is 99.0 cm³/mol. The van der Waals surface area contributed by atoms with Gasteiger partial charge in [0, 0.05) is 12.5 Å². The average molecular weight is 385 g/mol. The van der Waals surface area contributed by atoms with Crippen LogP contribution in [-0.2, 0) is 16.0 Å². The molecular formula is C20H20FN3O4. The first-order chi connectivity index (χ1) is 13.4. The number of benzene rings is 1. The number of carbonyl (C=O) groups is 2. The van der Waals surface area contributed by atoms with Crippen LogP contribution in [-0.4, -0.2) is 23.0 Å². The number of nitrogens with one attached hydrogen (secondary N) is 2. The highest BCUT2D eigenvalue weighted by Gasteiger charge is 2.26. The van der Waals surface area contributed by atoms with Crippen LogP contribution >= 0.6 is 0 Å². The Morgan fingerprint density at radius 3 is 2.54 bits per heavy atom. The summed E-state index contributed by atoms with van der Waals surface area (Å²) >= 11 is 0. The Morgan fingerprint density at radius 1 is 1.18 bits per heavy atom. The van der Waals surface area contributed by atoms with Crippen LogP contribution in [0.25, 0.3) is 0 Å². The maximum Gasteiger partial charge on any atom is 0.247 e. The SMILES string of the molecule is Cc1cc(NC(=O)[C@H](C)NC(=O)C(Cc2ccco2)c2ccc(F)cc2)no1. The molecule has 3 rings (SSSR count). The molecule has 1 aromatic carbocycles. The highest BCUT2D eigenvalue weighted by molar-refractivity contribution is 5.97. The standard InChI is InChI=1S/C20H20FN3O4/c1-12-10-18(24-28-12)23-19(25)13(2)22-20(26)17(11-16-4-3-9-27-16)14-5-7-15(21)8-6-14/h3-10,13,17H,11H2,1-2H3,(H,22,26)(H,23,24,25)/t13-,17?/m0/s1. The maximum atomic E-state index is 13.3. The summed E-state index contributed by atoms with van der Waals surface area (Å²) in [6.45, 7) is 3.27. The predicted octanol–water partition coefficient (Wildman–Crippen LogP) is 3.18. The van der Waals surface area contributed by atoms with Crippen molar-refractivity contribution in [3.05, 3.63) is 71.6 Å². The van der Waals surface area contributed by atoms with Crippen molar-refractivity contribution >= 4 is 17.6 Å². The fourth-order valence-corrected chi connectivity index (χ4v) is 2.73. The van der Waals surface area contributed by atoms with E-state index in [9.17, 15) is 14.0 Å². The van der Waals surface area contributed by atoms with E-state index in [-0.39, 0.29) is 18.1 Å². The van der Waals surface area contributed by atoms with Gasteiger partial charge in [0.1, 0.15) is 23.4 Å². The maximum absolute atomic E-state index is 13.3. The molecule has 8 heteroatoms. The Morgan fingerprint density at radius 2 is 1.93 bits per heavy atom. The molecule has 2 amide bonds. The fourth-order valence-electron chi connectivity index (χ4n) is 2.73. The Bertz CT molecular complexity index is 935. The van der Waals surface area contributed by atoms with Crippen molar-refractivity contribution < 1.29 is 22.9 Å². The normalized spacial score (nSPS) is 13.0. The summed E-state index contributed by atoms with van der Waals surface area (Å²) in [7, 11) is 0. The van der Waals surface area contributed by atoms with Crippen LogP contribution in [0.4, 0.5) is 10.2 Å². The summed E-state index contributed by atoms with van der Waals surface area (Å²) in [6, 6.07) is 9.92. The fraction of sp³-hybridized carbons (Fsp3) is 0.250. The number of anilines is 1. The molecule has 0 aliphatic rings. The van der Waals surface area contributed by atoms with Crippen LogP contribution in [0.3, 0.4) is 0 Å². The first-order valence-electron chi connectivity index (χ1n) is 8.75. The smallest absolute Gasteiger partial charge is 0.247 e. The van der Waals surface area contributed by atoms with E-state index < -0.39 is 23.7 Å². The average Bonchev–Trinajstić information content (AvgIpc) is 3.32. The van der Waals surface area contributed by atoms with Gasteiger partial charge in [-0.25, -0.2) is 4.39 Å². The van der Waals surface area contributed by atoms with Gasteiger partial charge in [-0.3, -0.25) is 9.59 Å². The van der Waals surface area contributed by atoms with Crippen molar-refractivity contribution in [1.29, 1.82) is 0 Å². The number of furan rings is 1. The highest BCUT2D eigenvalue weighted by atomic mass is 19.1. The van der Waals surface area contributed by atoms with Gasteiger partial charge in [-0.2, -0.15) is 0 Å². The van der Waals surface area contributed by atoms with Gasteiger partial charge in [0.2, 0.25) is 11.8 Å². The highest BCUT2D eigenvalue weighted by Crippen LogP contribution is 2.22. The zero-order chi connectivity index (χ0) is 20.1. The van der Waals surface area contributed by atoms with Crippen LogP contribution in [0, 0.1) is 12.7 Å². The molecule has 0 saturated heterocycles. The molecule has 2 N–H and O–H groups in total. The Balaban J connectivity index is 1.70. The van der Waals surface area contributed by atoms with Crippen molar-refractivity contribution in [2.45, 2.75) is 32.2 Å². The summed E-state index contributed by atoms with van der Waals surface area (Å²) < 4.78 is 23.5. The molecule has 146 valence electrons. The molecule has 3 aromatic rings. The molecule has 0 bridgehead atoms. The van der Waals surface area contributed by atoms with Crippen molar-refractivity contribution in [2.75, 3.05) is 5.32 Å². The number of carbonyl (C=O) groups excluding carboxylic acids is 2. The van der Waals surface area contributed by atoms with Gasteiger partial charge in [0.25, 0.3) is 0 Å². The molecule has 2 aromatic heterocycles. The van der Waals surface area contributed by atoms with Crippen LogP contribution in [0.2, 0.25) is 0 Å². The number of aryl methyl sites for hydroxylation is 1. The molecule has 0 saturated carbocycles. The van der Waals surface area contributed by atoms with Crippen LogP contribution < -0.4 is 10.6 Å². The zero-order valence-corrected chi connectivity index (χ0v) is 15.4. The summed E-state index contributed by atoms with van der Waals surface area (Å²) in [5.41, 5.74) is 0.620. The number of aromatic nitrogens is 1. The van der Waals surface area contributed by atoms with Crippen molar-refractivity contribution in [3.63, 3.8) is 0 Å². The Hall–Kier alpha value is -3.42. The zero-order valence-electron chi connectivity index (χ0n) is 15.4. The molecular weight excluding hydrogens is 365 g/mol. The van der Waals surface area contributed by atoms with E-state index >= 15 is 0 Å². The van der Waals surface area contributed by atoms with Gasteiger partial charge in [-0.15, -0.1) is 0 Å². The second-order valence-corrected chi connectivity index (χ2v) is 6.43. The van der Waals surface area contributed by atoms with Gasteiger partial charge < -0.3 is 19.6 Å². The molecule has 0 aliphatic heterocycles. The van der Waals surface area contributed by atoms with E-state index in [4.69, 9.17) is 8.94 Å². The lowest BCUT2D eigenvalue weighted by Gasteiger charge is -2.19. The quantitative estimate of drug-likeness (QED) is 0.651. The number of halogens is 1. The van der Waals surface area contributed by atoms with Gasteiger partial charge in [0.05, 0.1) is 12.2 Å². The largest absolute Gasteiger partial charge is 0.469 e. The minimum absolute atomic E-state index is 0.272. The van der Waals surface area contributed by atoms with E-state index in [0.717, 1.165) is 0 Å². The molecule has 0 spiro atoms. The molecule has 0 aliphatic carbocycles. The van der Waals surface area contributed by atoms with Gasteiger partial charge >= 0.3 is 0 Å². The molecule has 2 atom stereocenters. The van der Waals surface area contributed by atoms with Crippen LogP contribution in [0.15, 0.2) is 57.7 Å². The lowest BCUT2D eigenvalue weighted by atomic mass is 9.93. The lowest BCUT2D eigenvalue weighted by molar-refractivity contribution is -0.127. The van der Waals surface area contributed by atoms with Gasteiger partial charge in [0.15, 0.2) is 5.82 Å². The monoisotopic (exact) mass is 385 g/mol. The topological polar surface area (TPSA) is 97.4 Å².